The highest BCUT2D eigenvalue weighted by Crippen LogP contribution is 2.45. The van der Waals surface area contributed by atoms with Gasteiger partial charge in [-0.2, -0.15) is 5.10 Å². The number of carbonyl (C=O) groups is 1. The van der Waals surface area contributed by atoms with Crippen molar-refractivity contribution in [3.63, 3.8) is 0 Å². The number of rotatable bonds is 8. The van der Waals surface area contributed by atoms with Gasteiger partial charge in [0.15, 0.2) is 5.84 Å². The van der Waals surface area contributed by atoms with Gasteiger partial charge in [-0.25, -0.2) is 9.79 Å². The molecule has 2 aliphatic rings. The van der Waals surface area contributed by atoms with Crippen LogP contribution in [0.2, 0.25) is 0 Å². The van der Waals surface area contributed by atoms with E-state index in [0.717, 1.165) is 41.4 Å². The van der Waals surface area contributed by atoms with Crippen LogP contribution in [0.5, 0.6) is 5.75 Å². The monoisotopic (exact) mass is 702 g/mol. The van der Waals surface area contributed by atoms with Gasteiger partial charge in [-0.15, -0.1) is 0 Å². The summed E-state index contributed by atoms with van der Waals surface area (Å²) in [6, 6.07) is 2.12. The lowest BCUT2D eigenvalue weighted by Gasteiger charge is -2.34. The van der Waals surface area contributed by atoms with E-state index in [4.69, 9.17) is 26.1 Å². The number of carbonyl (C=O) groups excluding carboxylic acids is 1. The lowest BCUT2D eigenvalue weighted by atomic mass is 9.82. The van der Waals surface area contributed by atoms with Crippen molar-refractivity contribution in [1.29, 1.82) is 0 Å². The Hall–Kier alpha value is -3.11. The summed E-state index contributed by atoms with van der Waals surface area (Å²) in [6.45, 7) is 29.6. The molecule has 3 heterocycles. The largest absolute Gasteiger partial charge is 0.488 e. The third-order valence-electron chi connectivity index (χ3n) is 7.40. The number of allylic oxidation sites excluding steroid dienone is 1. The Morgan fingerprint density at radius 1 is 1.19 bits per heavy atom. The molecule has 4 rings (SSSR count). The zero-order valence-electron chi connectivity index (χ0n) is 31.5. The Kier molecular flexibility index (Phi) is 15.9. The van der Waals surface area contributed by atoms with Crippen LogP contribution < -0.4 is 15.4 Å². The molecule has 0 spiro atoms. The predicted molar refractivity (Wildman–Crippen MR) is 205 cm³/mol. The van der Waals surface area contributed by atoms with Crippen LogP contribution in [0.25, 0.3) is 0 Å². The van der Waals surface area contributed by atoms with E-state index >= 15 is 0 Å². The van der Waals surface area contributed by atoms with Crippen LogP contribution in [-0.4, -0.2) is 56.7 Å². The first-order chi connectivity index (χ1) is 22.6. The molecule has 0 bridgehead atoms. The van der Waals surface area contributed by atoms with Gasteiger partial charge >= 0.3 is 6.09 Å². The van der Waals surface area contributed by atoms with Gasteiger partial charge in [-0.3, -0.25) is 4.68 Å². The van der Waals surface area contributed by atoms with E-state index in [1.807, 2.05) is 73.5 Å². The first kappa shape index (κ1) is 41.1. The quantitative estimate of drug-likeness (QED) is 0.161. The highest BCUT2D eigenvalue weighted by atomic mass is 35.5. The molecule has 9 nitrogen and oxygen atoms in total. The Morgan fingerprint density at radius 3 is 2.38 bits per heavy atom. The molecule has 1 saturated heterocycles. The lowest BCUT2D eigenvalue weighted by molar-refractivity contribution is 0.0204. The average Bonchev–Trinajstić information content (AvgIpc) is 3.58. The fourth-order valence-electron chi connectivity index (χ4n) is 5.68. The number of anilines is 2. The number of ether oxygens (including phenoxy) is 2. The molecule has 1 atom stereocenters. The molecule has 0 radical (unpaired) electrons. The number of halogens is 1. The summed E-state index contributed by atoms with van der Waals surface area (Å²) in [4.78, 5) is 19.2. The van der Waals surface area contributed by atoms with Gasteiger partial charge in [0, 0.05) is 43.6 Å². The van der Waals surface area contributed by atoms with Crippen molar-refractivity contribution in [2.45, 2.75) is 130 Å². The molecule has 48 heavy (non-hydrogen) atoms. The van der Waals surface area contributed by atoms with Gasteiger partial charge in [0.25, 0.3) is 0 Å². The molecule has 11 heteroatoms. The number of aliphatic imine (C=N–C) groups is 1. The molecule has 1 aromatic heterocycles. The number of nitrogens with zero attached hydrogens (tertiary/aromatic N) is 4. The van der Waals surface area contributed by atoms with E-state index in [1.165, 1.54) is 16.7 Å². The number of hydrogen-bond acceptors (Lipinski definition) is 7. The maximum Gasteiger partial charge on any atom is 0.410 e. The van der Waals surface area contributed by atoms with E-state index in [2.05, 4.69) is 56.1 Å². The third kappa shape index (κ3) is 11.2. The summed E-state index contributed by atoms with van der Waals surface area (Å²) < 4.78 is 13.7. The fourth-order valence-corrected chi connectivity index (χ4v) is 6.62. The SMILES string of the molecule is C=C(/N=C(Nc1cn(C)nc1SC(C)C)\C(Cl)=C/C)Nc1cc(C)c(C2CCN(C(=O)OC(C)(C)C)CC2)c2c1O[C@H](C)C2.CC.CC. The van der Waals surface area contributed by atoms with Gasteiger partial charge in [0.2, 0.25) is 0 Å². The molecule has 2 N–H and O–H groups in total. The highest BCUT2D eigenvalue weighted by molar-refractivity contribution is 8.00. The zero-order chi connectivity index (χ0) is 36.3. The summed E-state index contributed by atoms with van der Waals surface area (Å²) in [5, 5.41) is 13.1. The van der Waals surface area contributed by atoms with Crippen LogP contribution in [0.15, 0.2) is 45.8 Å². The summed E-state index contributed by atoms with van der Waals surface area (Å²) in [7, 11) is 1.89. The van der Waals surface area contributed by atoms with Crippen molar-refractivity contribution in [2.24, 2.45) is 12.0 Å². The molecule has 0 saturated carbocycles. The van der Waals surface area contributed by atoms with Crippen LogP contribution in [-0.2, 0) is 18.2 Å². The molecule has 1 fully saturated rings. The second kappa shape index (κ2) is 18.6. The molecule has 2 aliphatic heterocycles. The molecule has 0 aliphatic carbocycles. The fraction of sp³-hybridized carbons (Fsp3) is 0.595. The number of nitrogens with one attached hydrogen (secondary N) is 2. The third-order valence-corrected chi connectivity index (χ3v) is 8.79. The Labute approximate surface area is 299 Å². The molecular weight excluding hydrogens is 644 g/mol. The molecule has 2 aromatic rings. The van der Waals surface area contributed by atoms with E-state index in [-0.39, 0.29) is 12.2 Å². The Balaban J connectivity index is 0.00000193. The minimum atomic E-state index is -0.501. The number of hydrogen-bond donors (Lipinski definition) is 2. The van der Waals surface area contributed by atoms with E-state index in [9.17, 15) is 4.79 Å². The molecule has 1 aromatic carbocycles. The van der Waals surface area contributed by atoms with Crippen molar-refractivity contribution in [3.05, 3.63) is 52.5 Å². The second-order valence-corrected chi connectivity index (χ2v) is 14.8. The number of piperidine rings is 1. The van der Waals surface area contributed by atoms with Gasteiger partial charge in [0.05, 0.1) is 16.4 Å². The minimum Gasteiger partial charge on any atom is -0.488 e. The number of benzene rings is 1. The van der Waals surface area contributed by atoms with Crippen LogP contribution in [0.1, 0.15) is 112 Å². The first-order valence-corrected chi connectivity index (χ1v) is 18.6. The van der Waals surface area contributed by atoms with Crippen molar-refractivity contribution in [1.82, 2.24) is 14.7 Å². The zero-order valence-corrected chi connectivity index (χ0v) is 33.1. The molecule has 268 valence electrons. The second-order valence-electron chi connectivity index (χ2n) is 12.8. The van der Waals surface area contributed by atoms with Crippen molar-refractivity contribution in [3.8, 4) is 5.75 Å². The highest BCUT2D eigenvalue weighted by Gasteiger charge is 2.33. The van der Waals surface area contributed by atoms with Crippen LogP contribution in [0, 0.1) is 6.92 Å². The number of thioether (sulfide) groups is 1. The number of amidine groups is 1. The Morgan fingerprint density at radius 2 is 1.81 bits per heavy atom. The van der Waals surface area contributed by atoms with Crippen LogP contribution >= 0.6 is 23.4 Å². The number of amides is 1. The number of likely N-dealkylation sites (tertiary alicyclic amines) is 1. The lowest BCUT2D eigenvalue weighted by Crippen LogP contribution is -2.41. The summed E-state index contributed by atoms with van der Waals surface area (Å²) in [5.41, 5.74) is 4.90. The van der Waals surface area contributed by atoms with Gasteiger partial charge in [-0.1, -0.05) is 77.6 Å². The van der Waals surface area contributed by atoms with Gasteiger partial charge in [-0.05, 0) is 77.5 Å². The Bertz CT molecular complexity index is 1450. The molecule has 1 amide bonds. The standard InChI is InChI=1S/C33H47ClN6O3S.2C2H6/c1-11-25(34)30(37-27-18-39(10)38-31(27)44-19(2)3)36-22(6)35-26-16-20(4)28(24-17-21(5)42-29(24)26)23-12-14-40(15-13-23)32(41)43-33(7,8)9;2*1-2/h11,16,18-19,21,23,35H,6,12-15,17H2,1-5,7-10H3,(H,36,37);2*1-2H3/b25-11+;;/t21-;;/m1../s1. The van der Waals surface area contributed by atoms with E-state index < -0.39 is 5.60 Å². The maximum absolute atomic E-state index is 12.6. The normalized spacial score (nSPS) is 16.6. The van der Waals surface area contributed by atoms with Gasteiger partial charge < -0.3 is 25.0 Å². The van der Waals surface area contributed by atoms with E-state index in [1.54, 1.807) is 22.5 Å². The number of aryl methyl sites for hydroxylation is 2. The summed E-state index contributed by atoms with van der Waals surface area (Å²) >= 11 is 8.28. The first-order valence-electron chi connectivity index (χ1n) is 17.3. The summed E-state index contributed by atoms with van der Waals surface area (Å²) in [6.07, 6.45) is 6.12. The van der Waals surface area contributed by atoms with Crippen LogP contribution in [0.4, 0.5) is 16.2 Å². The predicted octanol–water partition coefficient (Wildman–Crippen LogP) is 10.3. The number of fused-ring (bicyclic) bond motifs is 1. The smallest absolute Gasteiger partial charge is 0.410 e. The van der Waals surface area contributed by atoms with Crippen LogP contribution in [0.3, 0.4) is 0 Å². The van der Waals surface area contributed by atoms with Gasteiger partial charge in [0.1, 0.15) is 28.3 Å². The van der Waals surface area contributed by atoms with Crippen molar-refractivity contribution < 1.29 is 14.3 Å². The van der Waals surface area contributed by atoms with Crippen molar-refractivity contribution in [2.75, 3.05) is 23.7 Å². The molecular formula is C37H59ClN6O3S. The van der Waals surface area contributed by atoms with E-state index in [0.29, 0.717) is 40.9 Å². The average molecular weight is 703 g/mol. The maximum atomic E-state index is 12.6. The molecule has 0 unspecified atom stereocenters. The topological polar surface area (TPSA) is 93.0 Å². The number of aromatic nitrogens is 2. The minimum absolute atomic E-state index is 0.0573. The summed E-state index contributed by atoms with van der Waals surface area (Å²) in [5.74, 6) is 2.09. The van der Waals surface area contributed by atoms with Crippen molar-refractivity contribution >= 4 is 46.7 Å².